The first kappa shape index (κ1) is 31.1. The molecule has 240 valence electrons. The molecule has 4 heterocycles. The normalized spacial score (nSPS) is 18.1. The molecule has 1 saturated heterocycles. The number of anilines is 2. The number of halogens is 3. The van der Waals surface area contributed by atoms with E-state index in [1.165, 1.54) is 12.1 Å². The third-order valence-electron chi connectivity index (χ3n) is 9.03. The molecule has 0 saturated carbocycles. The van der Waals surface area contributed by atoms with Gasteiger partial charge in [-0.2, -0.15) is 4.98 Å². The average Bonchev–Trinajstić information content (AvgIpc) is 3.00. The Labute approximate surface area is 264 Å². The molecule has 0 spiro atoms. The molecule has 0 aliphatic carbocycles. The molecule has 1 amide bonds. The zero-order valence-electron chi connectivity index (χ0n) is 26.3. The first-order valence-electron chi connectivity index (χ1n) is 15.2. The summed E-state index contributed by atoms with van der Waals surface area (Å²) in [5, 5.41) is 10.7. The van der Waals surface area contributed by atoms with Crippen LogP contribution in [0.25, 0.3) is 27.7 Å². The molecule has 2 aliphatic heterocycles. The number of fused-ring (bicyclic) bond motifs is 2. The van der Waals surface area contributed by atoms with Gasteiger partial charge >= 0.3 is 5.69 Å². The number of aromatic nitrogens is 3. The Morgan fingerprint density at radius 2 is 1.85 bits per heavy atom. The highest BCUT2D eigenvalue weighted by molar-refractivity contribution is 6.05. The lowest BCUT2D eigenvalue weighted by molar-refractivity contribution is -0.127. The van der Waals surface area contributed by atoms with Crippen LogP contribution in [-0.2, 0) is 4.79 Å². The quantitative estimate of drug-likeness (QED) is 0.300. The van der Waals surface area contributed by atoms with Crippen LogP contribution in [0.4, 0.5) is 24.7 Å². The van der Waals surface area contributed by atoms with Crippen molar-refractivity contribution in [1.82, 2.24) is 19.4 Å². The molecule has 2 aromatic carbocycles. The zero-order chi connectivity index (χ0) is 33.2. The van der Waals surface area contributed by atoms with Gasteiger partial charge in [0, 0.05) is 38.9 Å². The van der Waals surface area contributed by atoms with Gasteiger partial charge in [0.15, 0.2) is 11.6 Å². The van der Waals surface area contributed by atoms with Gasteiger partial charge in [0.25, 0.3) is 0 Å². The van der Waals surface area contributed by atoms with Gasteiger partial charge in [0.2, 0.25) is 5.91 Å². The van der Waals surface area contributed by atoms with Crippen LogP contribution in [0.2, 0.25) is 0 Å². The average molecular weight is 633 g/mol. The van der Waals surface area contributed by atoms with E-state index in [2.05, 4.69) is 16.5 Å². The number of carbonyl (C=O) groups is 1. The van der Waals surface area contributed by atoms with E-state index in [1.807, 2.05) is 25.7 Å². The first-order chi connectivity index (χ1) is 21.9. The van der Waals surface area contributed by atoms with Crippen molar-refractivity contribution in [2.24, 2.45) is 0 Å². The fraction of sp³-hybridized carbons (Fsp3) is 0.353. The number of hydrogen-bond donors (Lipinski definition) is 1. The first-order valence-corrected chi connectivity index (χ1v) is 15.2. The predicted molar refractivity (Wildman–Crippen MR) is 171 cm³/mol. The molecule has 0 radical (unpaired) electrons. The number of benzene rings is 2. The van der Waals surface area contributed by atoms with E-state index in [-0.39, 0.29) is 65.6 Å². The van der Waals surface area contributed by atoms with Crippen molar-refractivity contribution in [3.63, 3.8) is 0 Å². The summed E-state index contributed by atoms with van der Waals surface area (Å²) in [5.74, 6) is -4.38. The SMILES string of the molecule is C=CC(=O)N1CC(C)N2c3nc(=O)n(-c4c(C)ccnc4C(C)C)c4c(F)c(-c5c(O)cccc5F)c(F)c(c34)N(C)CCC2C1. The Kier molecular flexibility index (Phi) is 7.77. The number of phenols is 1. The number of amides is 1. The maximum Gasteiger partial charge on any atom is 0.354 e. The van der Waals surface area contributed by atoms with Crippen molar-refractivity contribution in [3.05, 3.63) is 82.3 Å². The third-order valence-corrected chi connectivity index (χ3v) is 9.03. The van der Waals surface area contributed by atoms with E-state index in [4.69, 9.17) is 0 Å². The number of piperazine rings is 1. The second kappa shape index (κ2) is 11.5. The molecule has 9 nitrogen and oxygen atoms in total. The minimum atomic E-state index is -1.23. The second-order valence-electron chi connectivity index (χ2n) is 12.3. The van der Waals surface area contributed by atoms with Gasteiger partial charge in [-0.3, -0.25) is 14.3 Å². The highest BCUT2D eigenvalue weighted by atomic mass is 19.1. The third kappa shape index (κ3) is 4.69. The lowest BCUT2D eigenvalue weighted by atomic mass is 9.95. The Balaban J connectivity index is 1.82. The molecule has 2 aromatic heterocycles. The van der Waals surface area contributed by atoms with E-state index in [1.54, 1.807) is 36.0 Å². The highest BCUT2D eigenvalue weighted by Crippen LogP contribution is 2.47. The maximum atomic E-state index is 17.4. The van der Waals surface area contributed by atoms with Crippen molar-refractivity contribution < 1.29 is 23.1 Å². The van der Waals surface area contributed by atoms with Gasteiger partial charge < -0.3 is 19.8 Å². The van der Waals surface area contributed by atoms with Crippen LogP contribution < -0.4 is 15.5 Å². The van der Waals surface area contributed by atoms with Gasteiger partial charge in [-0.25, -0.2) is 18.0 Å². The molecule has 0 bridgehead atoms. The summed E-state index contributed by atoms with van der Waals surface area (Å²) in [7, 11) is 1.63. The molecule has 2 unspecified atom stereocenters. The van der Waals surface area contributed by atoms with Gasteiger partial charge in [-0.1, -0.05) is 26.5 Å². The molecule has 1 fully saturated rings. The van der Waals surface area contributed by atoms with E-state index in [0.29, 0.717) is 17.7 Å². The van der Waals surface area contributed by atoms with E-state index in [9.17, 15) is 14.7 Å². The van der Waals surface area contributed by atoms with E-state index < -0.39 is 46.1 Å². The molecular formula is C34H35F3N6O3. The minimum absolute atomic E-state index is 0.0229. The highest BCUT2D eigenvalue weighted by Gasteiger charge is 2.40. The van der Waals surface area contributed by atoms with Crippen molar-refractivity contribution in [3.8, 4) is 22.6 Å². The van der Waals surface area contributed by atoms with Crippen LogP contribution in [-0.4, -0.2) is 69.2 Å². The monoisotopic (exact) mass is 632 g/mol. The van der Waals surface area contributed by atoms with Crippen molar-refractivity contribution >= 4 is 28.3 Å². The number of aryl methyl sites for hydroxylation is 1. The van der Waals surface area contributed by atoms with E-state index >= 15 is 13.2 Å². The fourth-order valence-electron chi connectivity index (χ4n) is 6.96. The zero-order valence-corrected chi connectivity index (χ0v) is 26.3. The Morgan fingerprint density at radius 3 is 2.52 bits per heavy atom. The number of carbonyl (C=O) groups excluding carboxylic acids is 1. The second-order valence-corrected chi connectivity index (χ2v) is 12.3. The van der Waals surface area contributed by atoms with Crippen LogP contribution in [0, 0.1) is 24.4 Å². The number of rotatable bonds is 4. The predicted octanol–water partition coefficient (Wildman–Crippen LogP) is 5.43. The van der Waals surface area contributed by atoms with Gasteiger partial charge in [-0.05, 0) is 56.0 Å². The Hall–Kier alpha value is -4.87. The molecule has 4 aromatic rings. The summed E-state index contributed by atoms with van der Waals surface area (Å²) in [5.41, 5.74) is -1.31. The van der Waals surface area contributed by atoms with Crippen molar-refractivity contribution in [2.75, 3.05) is 36.5 Å². The summed E-state index contributed by atoms with van der Waals surface area (Å²) in [4.78, 5) is 41.1. The van der Waals surface area contributed by atoms with Crippen LogP contribution in [0.1, 0.15) is 44.4 Å². The molecule has 12 heteroatoms. The number of hydrogen-bond acceptors (Lipinski definition) is 7. The topological polar surface area (TPSA) is 94.8 Å². The van der Waals surface area contributed by atoms with Gasteiger partial charge in [0.05, 0.1) is 39.6 Å². The van der Waals surface area contributed by atoms with Crippen molar-refractivity contribution in [2.45, 2.75) is 52.1 Å². The van der Waals surface area contributed by atoms with Gasteiger partial charge in [0.1, 0.15) is 22.9 Å². The molecule has 2 aliphatic rings. The van der Waals surface area contributed by atoms with Crippen molar-refractivity contribution in [1.29, 1.82) is 0 Å². The molecule has 1 N–H and O–H groups in total. The smallest absolute Gasteiger partial charge is 0.354 e. The summed E-state index contributed by atoms with van der Waals surface area (Å²) in [6, 6.07) is 4.34. The molecular weight excluding hydrogens is 597 g/mol. The van der Waals surface area contributed by atoms with Crippen LogP contribution in [0.15, 0.2) is 47.9 Å². The standard InChI is InChI=1S/C34H35F3N6O3/c1-7-23(45)41-15-19(5)42-20(16-41)12-14-40(6)31-26-32(28(37)25(27(31)36)24-21(35)9-8-10-22(24)44)43(34(46)39-33(26)42)30-18(4)11-13-38-29(30)17(2)3/h7-11,13,17,19-20,44H,1,12,14-16H2,2-6H3. The van der Waals surface area contributed by atoms with Crippen LogP contribution in [0.3, 0.4) is 0 Å². The van der Waals surface area contributed by atoms with Gasteiger partial charge in [-0.15, -0.1) is 0 Å². The fourth-order valence-corrected chi connectivity index (χ4v) is 6.96. The largest absolute Gasteiger partial charge is 0.507 e. The summed E-state index contributed by atoms with van der Waals surface area (Å²) >= 11 is 0. The number of aromatic hydroxyl groups is 1. The van der Waals surface area contributed by atoms with E-state index in [0.717, 1.165) is 16.7 Å². The minimum Gasteiger partial charge on any atom is -0.507 e. The number of nitrogens with zero attached hydrogens (tertiary/aromatic N) is 6. The molecule has 46 heavy (non-hydrogen) atoms. The Morgan fingerprint density at radius 1 is 1.11 bits per heavy atom. The lowest BCUT2D eigenvalue weighted by Crippen LogP contribution is -2.60. The summed E-state index contributed by atoms with van der Waals surface area (Å²) < 4.78 is 50.8. The lowest BCUT2D eigenvalue weighted by Gasteiger charge is -2.48. The summed E-state index contributed by atoms with van der Waals surface area (Å²) in [6.45, 7) is 11.8. The maximum absolute atomic E-state index is 17.4. The molecule has 2 atom stereocenters. The Bertz CT molecular complexity index is 1960. The molecule has 6 rings (SSSR count). The number of pyridine rings is 1. The van der Waals surface area contributed by atoms with Crippen LogP contribution >= 0.6 is 0 Å². The summed E-state index contributed by atoms with van der Waals surface area (Å²) in [6.07, 6.45) is 3.27. The number of phenolic OH excluding ortho intramolecular Hbond substituents is 1. The van der Waals surface area contributed by atoms with Crippen LogP contribution in [0.5, 0.6) is 5.75 Å².